The SMILES string of the molecule is COc1ccc(S(=N)(=O)NCCCN2c3ccccc3Sc3ccc(Cl)cc32)cc1. The number of rotatable bonds is 7. The first-order chi connectivity index (χ1) is 14.5. The van der Waals surface area contributed by atoms with Crippen LogP contribution in [0.2, 0.25) is 5.02 Å². The summed E-state index contributed by atoms with van der Waals surface area (Å²) in [6, 6.07) is 21.0. The van der Waals surface area contributed by atoms with Crippen molar-refractivity contribution in [3.05, 3.63) is 71.8 Å². The molecule has 1 aliphatic rings. The zero-order valence-electron chi connectivity index (χ0n) is 16.4. The van der Waals surface area contributed by atoms with Crippen LogP contribution in [0.3, 0.4) is 0 Å². The molecule has 156 valence electrons. The van der Waals surface area contributed by atoms with Gasteiger partial charge in [0.1, 0.15) is 15.7 Å². The molecular weight excluding hydrogens is 438 g/mol. The number of benzene rings is 3. The van der Waals surface area contributed by atoms with Gasteiger partial charge in [0, 0.05) is 27.9 Å². The molecule has 0 fully saturated rings. The monoisotopic (exact) mass is 459 g/mol. The molecule has 0 saturated carbocycles. The lowest BCUT2D eigenvalue weighted by molar-refractivity contribution is 0.414. The molecule has 4 rings (SSSR count). The van der Waals surface area contributed by atoms with Gasteiger partial charge in [0.15, 0.2) is 0 Å². The zero-order valence-corrected chi connectivity index (χ0v) is 18.8. The molecule has 1 atom stereocenters. The largest absolute Gasteiger partial charge is 0.497 e. The topological polar surface area (TPSA) is 65.4 Å². The number of fused-ring (bicyclic) bond motifs is 2. The van der Waals surface area contributed by atoms with Gasteiger partial charge in [-0.2, -0.15) is 0 Å². The van der Waals surface area contributed by atoms with Crippen molar-refractivity contribution in [3.63, 3.8) is 0 Å². The molecular formula is C22H22ClN3O2S2. The molecule has 3 aromatic carbocycles. The summed E-state index contributed by atoms with van der Waals surface area (Å²) in [6.45, 7) is 1.17. The Labute approximate surface area is 186 Å². The normalized spacial score (nSPS) is 14.5. The Balaban J connectivity index is 1.46. The van der Waals surface area contributed by atoms with E-state index >= 15 is 0 Å². The van der Waals surface area contributed by atoms with Gasteiger partial charge in [-0.3, -0.25) is 0 Å². The van der Waals surface area contributed by atoms with Crippen molar-refractivity contribution < 1.29 is 8.95 Å². The Morgan fingerprint density at radius 2 is 1.80 bits per heavy atom. The van der Waals surface area contributed by atoms with Crippen molar-refractivity contribution in [2.24, 2.45) is 0 Å². The van der Waals surface area contributed by atoms with Crippen molar-refractivity contribution in [2.45, 2.75) is 21.1 Å². The first-order valence-electron chi connectivity index (χ1n) is 9.49. The van der Waals surface area contributed by atoms with E-state index in [1.165, 1.54) is 4.90 Å². The third-order valence-corrected chi connectivity index (χ3v) is 7.75. The Hall–Kier alpha value is -2.19. The van der Waals surface area contributed by atoms with Crippen LogP contribution in [0.4, 0.5) is 11.4 Å². The fourth-order valence-corrected chi connectivity index (χ4v) is 5.71. The third-order valence-electron chi connectivity index (χ3n) is 4.84. The fraction of sp³-hybridized carbons (Fsp3) is 0.182. The van der Waals surface area contributed by atoms with E-state index in [1.807, 2.05) is 30.3 Å². The van der Waals surface area contributed by atoms with Crippen LogP contribution >= 0.6 is 23.4 Å². The van der Waals surface area contributed by atoms with Gasteiger partial charge in [0.05, 0.1) is 23.4 Å². The van der Waals surface area contributed by atoms with Gasteiger partial charge in [-0.15, -0.1) is 0 Å². The van der Waals surface area contributed by atoms with Gasteiger partial charge < -0.3 is 9.64 Å². The highest BCUT2D eigenvalue weighted by atomic mass is 35.5. The average Bonchev–Trinajstić information content (AvgIpc) is 2.76. The van der Waals surface area contributed by atoms with Gasteiger partial charge in [0.25, 0.3) is 0 Å². The van der Waals surface area contributed by atoms with Gasteiger partial charge >= 0.3 is 0 Å². The standard InChI is InChI=1S/C22H22ClN3O2S2/c1-28-17-8-10-18(11-9-17)30(24,27)25-13-4-14-26-19-5-2-3-6-21(19)29-22-12-7-16(23)15-20(22)26/h2-3,5-12,15H,4,13-14H2,1H3,(H2,24,25,27). The number of hydrogen-bond acceptors (Lipinski definition) is 5. The predicted molar refractivity (Wildman–Crippen MR) is 124 cm³/mol. The first-order valence-corrected chi connectivity index (χ1v) is 12.2. The summed E-state index contributed by atoms with van der Waals surface area (Å²) < 4.78 is 29.0. The third kappa shape index (κ3) is 4.44. The molecule has 0 spiro atoms. The summed E-state index contributed by atoms with van der Waals surface area (Å²) in [6.07, 6.45) is 0.719. The molecule has 0 saturated heterocycles. The Bertz CT molecular complexity index is 1150. The number of para-hydroxylation sites is 1. The summed E-state index contributed by atoms with van der Waals surface area (Å²) in [5.41, 5.74) is 2.21. The Kier molecular flexibility index (Phi) is 6.24. The maximum Gasteiger partial charge on any atom is 0.134 e. The van der Waals surface area contributed by atoms with Gasteiger partial charge in [-0.25, -0.2) is 13.7 Å². The second kappa shape index (κ2) is 8.89. The van der Waals surface area contributed by atoms with Crippen molar-refractivity contribution in [2.75, 3.05) is 25.1 Å². The molecule has 0 bridgehead atoms. The van der Waals surface area contributed by atoms with Crippen LogP contribution in [0.25, 0.3) is 0 Å². The lowest BCUT2D eigenvalue weighted by Crippen LogP contribution is -2.28. The molecule has 5 nitrogen and oxygen atoms in total. The minimum absolute atomic E-state index is 0.445. The summed E-state index contributed by atoms with van der Waals surface area (Å²) in [7, 11) is -1.49. The van der Waals surface area contributed by atoms with Crippen LogP contribution in [-0.4, -0.2) is 24.4 Å². The highest BCUT2D eigenvalue weighted by molar-refractivity contribution is 7.99. The summed E-state index contributed by atoms with van der Waals surface area (Å²) in [4.78, 5) is 5.05. The number of anilines is 2. The lowest BCUT2D eigenvalue weighted by atomic mass is 10.2. The molecule has 3 aromatic rings. The summed E-state index contributed by atoms with van der Waals surface area (Å²) in [5, 5.41) is 0.700. The van der Waals surface area contributed by atoms with E-state index < -0.39 is 9.92 Å². The molecule has 1 heterocycles. The molecule has 1 unspecified atom stereocenters. The first kappa shape index (κ1) is 21.1. The zero-order chi connectivity index (χ0) is 21.1. The number of methoxy groups -OCH3 is 1. The van der Waals surface area contributed by atoms with E-state index in [1.54, 1.807) is 43.1 Å². The highest BCUT2D eigenvalue weighted by Gasteiger charge is 2.23. The van der Waals surface area contributed by atoms with Gasteiger partial charge in [-0.1, -0.05) is 35.5 Å². The van der Waals surface area contributed by atoms with Crippen LogP contribution in [0.15, 0.2) is 81.4 Å². The van der Waals surface area contributed by atoms with Crippen molar-refractivity contribution in [1.82, 2.24) is 4.72 Å². The molecule has 0 aromatic heterocycles. The number of ether oxygens (including phenoxy) is 1. The molecule has 0 aliphatic carbocycles. The van der Waals surface area contributed by atoms with Crippen LogP contribution in [0.1, 0.15) is 6.42 Å². The molecule has 1 aliphatic heterocycles. The highest BCUT2D eigenvalue weighted by Crippen LogP contribution is 2.48. The lowest BCUT2D eigenvalue weighted by Gasteiger charge is -2.33. The van der Waals surface area contributed by atoms with Crippen LogP contribution in [0, 0.1) is 4.78 Å². The van der Waals surface area contributed by atoms with Crippen LogP contribution in [0.5, 0.6) is 5.75 Å². The van der Waals surface area contributed by atoms with Crippen molar-refractivity contribution in [3.8, 4) is 5.75 Å². The molecule has 0 radical (unpaired) electrons. The van der Waals surface area contributed by atoms with E-state index in [-0.39, 0.29) is 0 Å². The van der Waals surface area contributed by atoms with Crippen molar-refractivity contribution >= 4 is 44.7 Å². The smallest absolute Gasteiger partial charge is 0.134 e. The Morgan fingerprint density at radius 1 is 1.07 bits per heavy atom. The second-order valence-electron chi connectivity index (χ2n) is 6.81. The molecule has 2 N–H and O–H groups in total. The summed E-state index contributed by atoms with van der Waals surface area (Å²) in [5.74, 6) is 0.674. The maximum absolute atomic E-state index is 12.8. The number of hydrogen-bond donors (Lipinski definition) is 2. The van der Waals surface area contributed by atoms with Crippen molar-refractivity contribution in [1.29, 1.82) is 4.78 Å². The minimum Gasteiger partial charge on any atom is -0.497 e. The molecule has 8 heteroatoms. The molecule has 0 amide bonds. The van der Waals surface area contributed by atoms with E-state index in [0.29, 0.717) is 22.2 Å². The minimum atomic E-state index is -3.07. The Morgan fingerprint density at radius 3 is 2.57 bits per heavy atom. The second-order valence-corrected chi connectivity index (χ2v) is 10.2. The van der Waals surface area contributed by atoms with Gasteiger partial charge in [-0.05, 0) is 61.0 Å². The number of nitrogens with zero attached hydrogens (tertiary/aromatic N) is 1. The fourth-order valence-electron chi connectivity index (χ4n) is 3.35. The quantitative estimate of drug-likeness (QED) is 0.428. The number of halogens is 1. The molecule has 30 heavy (non-hydrogen) atoms. The van der Waals surface area contributed by atoms with Gasteiger partial charge in [0.2, 0.25) is 0 Å². The van der Waals surface area contributed by atoms with E-state index in [9.17, 15) is 4.21 Å². The maximum atomic E-state index is 12.8. The number of nitrogens with one attached hydrogen (secondary N) is 2. The van der Waals surface area contributed by atoms with E-state index in [0.717, 1.165) is 29.2 Å². The van der Waals surface area contributed by atoms with Crippen LogP contribution in [-0.2, 0) is 9.92 Å². The predicted octanol–water partition coefficient (Wildman–Crippen LogP) is 5.95. The van der Waals surface area contributed by atoms with E-state index in [4.69, 9.17) is 21.1 Å². The summed E-state index contributed by atoms with van der Waals surface area (Å²) >= 11 is 8.00. The average molecular weight is 460 g/mol. The van der Waals surface area contributed by atoms with Crippen LogP contribution < -0.4 is 14.4 Å². The van der Waals surface area contributed by atoms with E-state index in [2.05, 4.69) is 21.8 Å².